The summed E-state index contributed by atoms with van der Waals surface area (Å²) in [5, 5.41) is 42.8. The summed E-state index contributed by atoms with van der Waals surface area (Å²) in [4.78, 5) is 24.7. The Morgan fingerprint density at radius 2 is 0.545 bits per heavy atom. The standard InChI is InChI=1S/C16H11N3.2C15H9N3.4C15H12N2/c1-10-4-5-14-13(6-10)16-11(9-17)7-12(18-2)8-15(16)19(14)3;1-16-10-7-8-13-11(9-10)15-12(17-2)5-4-6-14(15)18(13)3;1-16-10-7-8-11-14(9-10)18(3)13-6-4-5-12(17-2)15(11)13;1-10-4-6-12-13-9-11(16-2)5-7-14(13)17(3)15(12)8-10;1-10-8-9-13-14(15(10)16-2)11-6-4-5-7-12(11)17(13)3;1-10-6-7-13-12(8-10)15-11(9-16)4-3-5-14(15)17(13)2;1-10-6-7-12-14(8-10)17(2)13-5-3-4-11(9-16)15(12)13/h4-8H,1,3H3;2*4-9H,3H3;2*4-9H,1,3H3;2*3-8H,1-2H3. The number of benzene rings is 14. The van der Waals surface area contributed by atoms with Gasteiger partial charge in [0.2, 0.25) is 0 Å². The zero-order chi connectivity index (χ0) is 86.9. The third-order valence-corrected chi connectivity index (χ3v) is 23.2. The highest BCUT2D eigenvalue weighted by molar-refractivity contribution is 6.19. The molecule has 17 heteroatoms. The third-order valence-electron chi connectivity index (χ3n) is 23.2. The number of aryl methyl sites for hydroxylation is 12. The minimum Gasteiger partial charge on any atom is -0.346 e. The van der Waals surface area contributed by atoms with E-state index in [4.69, 9.17) is 46.0 Å². The smallest absolute Gasteiger partial charge is 0.199 e. The molecule has 7 heterocycles. The van der Waals surface area contributed by atoms with E-state index in [0.29, 0.717) is 39.7 Å². The van der Waals surface area contributed by atoms with Gasteiger partial charge in [0, 0.05) is 169 Å². The lowest BCUT2D eigenvalue weighted by molar-refractivity contribution is 1.01. The quantitative estimate of drug-likeness (QED) is 0.140. The van der Waals surface area contributed by atoms with Gasteiger partial charge in [0.05, 0.1) is 91.9 Å². The molecule has 17 nitrogen and oxygen atoms in total. The van der Waals surface area contributed by atoms with E-state index in [1.807, 2.05) is 199 Å². The fraction of sp³-hybridized carbons (Fsp3) is 0.113. The summed E-state index contributed by atoms with van der Waals surface area (Å²) >= 11 is 0. The summed E-state index contributed by atoms with van der Waals surface area (Å²) in [6.07, 6.45) is 0. The molecule has 0 aliphatic heterocycles. The van der Waals surface area contributed by atoms with Crippen molar-refractivity contribution < 1.29 is 0 Å². The molecule has 0 atom stereocenters. The van der Waals surface area contributed by atoms with Gasteiger partial charge < -0.3 is 32.0 Å². The van der Waals surface area contributed by atoms with Crippen LogP contribution in [0.25, 0.3) is 187 Å². The first kappa shape index (κ1) is 80.8. The molecule has 0 aliphatic rings. The number of fused-ring (bicyclic) bond motifs is 21. The van der Waals surface area contributed by atoms with Crippen LogP contribution in [0, 0.1) is 115 Å². The Labute approximate surface area is 711 Å². The first-order valence-corrected chi connectivity index (χ1v) is 39.3. The van der Waals surface area contributed by atoms with Gasteiger partial charge in [0.1, 0.15) is 0 Å². The topological polar surface area (TPSA) is 136 Å². The van der Waals surface area contributed by atoms with Gasteiger partial charge in [0.25, 0.3) is 0 Å². The Morgan fingerprint density at radius 1 is 0.220 bits per heavy atom. The van der Waals surface area contributed by atoms with Crippen LogP contribution in [0.5, 0.6) is 0 Å². The molecule has 14 aromatic carbocycles. The second-order valence-corrected chi connectivity index (χ2v) is 30.5. The van der Waals surface area contributed by atoms with E-state index < -0.39 is 0 Å². The molecule has 7 aromatic heterocycles. The first-order valence-electron chi connectivity index (χ1n) is 39.3. The van der Waals surface area contributed by atoms with Crippen LogP contribution in [0.4, 0.5) is 39.8 Å². The van der Waals surface area contributed by atoms with E-state index in [1.54, 1.807) is 12.1 Å². The summed E-state index contributed by atoms with van der Waals surface area (Å²) in [5.74, 6) is 0. The predicted molar refractivity (Wildman–Crippen MR) is 505 cm³/mol. The molecule has 0 fully saturated rings. The third kappa shape index (κ3) is 14.3. The maximum absolute atomic E-state index is 9.33. The van der Waals surface area contributed by atoms with Gasteiger partial charge in [-0.3, -0.25) is 0 Å². The highest BCUT2D eigenvalue weighted by atomic mass is 15.0. The number of hydrogen-bond acceptors (Lipinski definition) is 3. The molecule has 0 aliphatic carbocycles. The SMILES string of the molecule is Cc1ccc2c(c1)c1c(C#N)cccc1n2C.Cc1ccc2c3c(C#N)cccc3n(C)c2c1.[C-]#[N+]c1c(C)ccc2c1c1ccccc1n2C.[C-]#[N+]c1cc(C#N)c2c3cc(C)ccc3n(C)c2c1.[C-]#[N+]c1ccc2c(c1)c1c([N+]#[C-])cccc1n2C.[C-]#[N+]c1ccc2c(c1)c1ccc(C)cc1n2C.[C-]#[N+]c1ccc2c3c([N+]#[C-])cccc3n(C)c2c1. The van der Waals surface area contributed by atoms with Crippen LogP contribution in [0.3, 0.4) is 0 Å². The molecule has 123 heavy (non-hydrogen) atoms. The molecule has 21 aromatic rings. The van der Waals surface area contributed by atoms with Crippen LogP contribution in [0.15, 0.2) is 249 Å². The molecule has 0 N–H and O–H groups in total. The van der Waals surface area contributed by atoms with Crippen molar-refractivity contribution in [2.75, 3.05) is 0 Å². The molecular formula is C106H77N17. The zero-order valence-corrected chi connectivity index (χ0v) is 69.8. The normalized spacial score (nSPS) is 10.7. The second-order valence-electron chi connectivity index (χ2n) is 30.5. The summed E-state index contributed by atoms with van der Waals surface area (Å²) in [6.45, 7) is 60.6. The van der Waals surface area contributed by atoms with Gasteiger partial charge >= 0.3 is 0 Å². The van der Waals surface area contributed by atoms with Crippen LogP contribution in [0.2, 0.25) is 0 Å². The lowest BCUT2D eigenvalue weighted by Crippen LogP contribution is -1.86. The van der Waals surface area contributed by atoms with Crippen LogP contribution < -0.4 is 0 Å². The summed E-state index contributed by atoms with van der Waals surface area (Å²) < 4.78 is 14.8. The van der Waals surface area contributed by atoms with Gasteiger partial charge in [-0.2, -0.15) is 15.8 Å². The molecule has 21 rings (SSSR count). The monoisotopic (exact) mass is 1590 g/mol. The Balaban J connectivity index is 0.000000111. The van der Waals surface area contributed by atoms with Gasteiger partial charge in [-0.15, -0.1) is 0 Å². The molecule has 0 saturated carbocycles. The highest BCUT2D eigenvalue weighted by Gasteiger charge is 2.20. The number of nitrogens with zero attached hydrogens (tertiary/aromatic N) is 17. The first-order chi connectivity index (χ1) is 59.5. The maximum atomic E-state index is 9.33. The summed E-state index contributed by atoms with van der Waals surface area (Å²) in [7, 11) is 14.1. The fourth-order valence-electron chi connectivity index (χ4n) is 17.1. The Kier molecular flexibility index (Phi) is 21.9. The number of rotatable bonds is 0. The van der Waals surface area contributed by atoms with Gasteiger partial charge in [-0.25, -0.2) is 33.9 Å². The second kappa shape index (κ2) is 33.3. The van der Waals surface area contributed by atoms with Crippen LogP contribution in [-0.4, -0.2) is 32.0 Å². The number of hydrogen-bond donors (Lipinski definition) is 0. The lowest BCUT2D eigenvalue weighted by Gasteiger charge is -2.01. The number of para-hydroxylation sites is 1. The maximum Gasteiger partial charge on any atom is 0.199 e. The predicted octanol–water partition coefficient (Wildman–Crippen LogP) is 28.3. The van der Waals surface area contributed by atoms with E-state index in [2.05, 4.69) is 206 Å². The minimum absolute atomic E-state index is 0.506. The van der Waals surface area contributed by atoms with Gasteiger partial charge in [-0.05, 0) is 200 Å². The van der Waals surface area contributed by atoms with Gasteiger partial charge in [-0.1, -0.05) is 132 Å². The van der Waals surface area contributed by atoms with Crippen molar-refractivity contribution in [2.24, 2.45) is 49.3 Å². The Morgan fingerprint density at radius 3 is 1.07 bits per heavy atom. The van der Waals surface area contributed by atoms with Crippen molar-refractivity contribution in [3.63, 3.8) is 0 Å². The molecular weight excluding hydrogens is 1510 g/mol. The van der Waals surface area contributed by atoms with Crippen LogP contribution in [-0.2, 0) is 49.3 Å². The molecule has 0 amide bonds. The lowest BCUT2D eigenvalue weighted by atomic mass is 10.1. The average Bonchev–Trinajstić information content (AvgIpc) is 1.46. The van der Waals surface area contributed by atoms with Crippen molar-refractivity contribution in [3.05, 3.63) is 373 Å². The van der Waals surface area contributed by atoms with Gasteiger partial charge in [0.15, 0.2) is 39.8 Å². The van der Waals surface area contributed by atoms with Crippen molar-refractivity contribution >= 4 is 192 Å². The van der Waals surface area contributed by atoms with Crippen molar-refractivity contribution in [3.8, 4) is 18.2 Å². The molecule has 0 unspecified atom stereocenters. The molecule has 586 valence electrons. The number of aromatic nitrogens is 7. The zero-order valence-electron chi connectivity index (χ0n) is 69.8. The fourth-order valence-corrected chi connectivity index (χ4v) is 17.1. The number of nitriles is 3. The molecule has 0 bridgehead atoms. The largest absolute Gasteiger partial charge is 0.346 e. The van der Waals surface area contributed by atoms with Crippen molar-refractivity contribution in [1.29, 1.82) is 15.8 Å². The highest BCUT2D eigenvalue weighted by Crippen LogP contribution is 2.43. The van der Waals surface area contributed by atoms with Crippen molar-refractivity contribution in [1.82, 2.24) is 32.0 Å². The molecule has 0 saturated heterocycles. The van der Waals surface area contributed by atoms with E-state index in [0.717, 1.165) is 137 Å². The minimum atomic E-state index is 0.506. The van der Waals surface area contributed by atoms with E-state index in [9.17, 15) is 15.8 Å². The van der Waals surface area contributed by atoms with E-state index in [1.165, 1.54) is 60.4 Å². The molecule has 0 radical (unpaired) electrons. The van der Waals surface area contributed by atoms with Crippen LogP contribution >= 0.6 is 0 Å². The summed E-state index contributed by atoms with van der Waals surface area (Å²) in [5.41, 5.74) is 27.9. The Bertz CT molecular complexity index is 8480. The summed E-state index contributed by atoms with van der Waals surface area (Å²) in [6, 6.07) is 88.3. The Hall–Kier alpha value is -17.4. The van der Waals surface area contributed by atoms with E-state index in [-0.39, 0.29) is 0 Å². The molecule has 0 spiro atoms. The van der Waals surface area contributed by atoms with E-state index >= 15 is 0 Å². The van der Waals surface area contributed by atoms with Crippen molar-refractivity contribution in [2.45, 2.75) is 34.6 Å². The average molecular weight is 1590 g/mol. The van der Waals surface area contributed by atoms with Crippen LogP contribution in [0.1, 0.15) is 44.5 Å².